The van der Waals surface area contributed by atoms with Crippen LogP contribution in [-0.2, 0) is 18.9 Å². The molecule has 4 heteroatoms. The number of methoxy groups -OCH3 is 1. The summed E-state index contributed by atoms with van der Waals surface area (Å²) in [4.78, 5) is 0. The fraction of sp³-hybridized carbons (Fsp3) is 1.00. The summed E-state index contributed by atoms with van der Waals surface area (Å²) >= 11 is 0. The van der Waals surface area contributed by atoms with Gasteiger partial charge in [-0.1, -0.05) is 0 Å². The first kappa shape index (κ1) is 14.8. The van der Waals surface area contributed by atoms with Crippen LogP contribution in [0, 0.1) is 0 Å². The van der Waals surface area contributed by atoms with Gasteiger partial charge in [-0.25, -0.2) is 0 Å². The van der Waals surface area contributed by atoms with Crippen molar-refractivity contribution in [3.63, 3.8) is 0 Å². The monoisotopic (exact) mass is 220 g/mol. The van der Waals surface area contributed by atoms with E-state index in [1.807, 2.05) is 6.92 Å². The van der Waals surface area contributed by atoms with Crippen LogP contribution in [0.5, 0.6) is 0 Å². The number of hydrogen-bond donors (Lipinski definition) is 0. The van der Waals surface area contributed by atoms with E-state index in [4.69, 9.17) is 18.9 Å². The van der Waals surface area contributed by atoms with Crippen LogP contribution in [-0.4, -0.2) is 53.4 Å². The standard InChI is InChI=1S/C11H24O4/c1-3-13-10-11-15-7-5-4-6-14-9-8-12-2/h3-11H2,1-2H3. The maximum Gasteiger partial charge on any atom is 0.0700 e. The van der Waals surface area contributed by atoms with Gasteiger partial charge < -0.3 is 18.9 Å². The zero-order chi connectivity index (χ0) is 11.2. The highest BCUT2D eigenvalue weighted by Gasteiger charge is 1.91. The summed E-state index contributed by atoms with van der Waals surface area (Å²) in [6, 6.07) is 0. The van der Waals surface area contributed by atoms with Crippen LogP contribution in [0.15, 0.2) is 0 Å². The Hall–Kier alpha value is -0.160. The molecule has 4 nitrogen and oxygen atoms in total. The summed E-state index contributed by atoms with van der Waals surface area (Å²) in [5.74, 6) is 0. The summed E-state index contributed by atoms with van der Waals surface area (Å²) in [5, 5.41) is 0. The maximum atomic E-state index is 5.36. The molecule has 92 valence electrons. The van der Waals surface area contributed by atoms with Gasteiger partial charge in [0.15, 0.2) is 0 Å². The maximum absolute atomic E-state index is 5.36. The zero-order valence-corrected chi connectivity index (χ0v) is 10.00. The molecule has 15 heavy (non-hydrogen) atoms. The Labute approximate surface area is 92.8 Å². The van der Waals surface area contributed by atoms with E-state index in [0.29, 0.717) is 26.4 Å². The Morgan fingerprint density at radius 1 is 0.667 bits per heavy atom. The first-order valence-electron chi connectivity index (χ1n) is 5.64. The summed E-state index contributed by atoms with van der Waals surface area (Å²) in [7, 11) is 1.68. The molecule has 0 radical (unpaired) electrons. The molecule has 0 aliphatic heterocycles. The zero-order valence-electron chi connectivity index (χ0n) is 10.00. The quantitative estimate of drug-likeness (QED) is 0.467. The van der Waals surface area contributed by atoms with Gasteiger partial charge in [0, 0.05) is 26.9 Å². The van der Waals surface area contributed by atoms with Gasteiger partial charge in [0.25, 0.3) is 0 Å². The van der Waals surface area contributed by atoms with Crippen molar-refractivity contribution in [1.29, 1.82) is 0 Å². The first-order valence-corrected chi connectivity index (χ1v) is 5.64. The first-order chi connectivity index (χ1) is 7.41. The van der Waals surface area contributed by atoms with Crippen molar-refractivity contribution in [1.82, 2.24) is 0 Å². The molecule has 0 saturated heterocycles. The molecule has 0 N–H and O–H groups in total. The van der Waals surface area contributed by atoms with Gasteiger partial charge in [-0.2, -0.15) is 0 Å². The highest BCUT2D eigenvalue weighted by Crippen LogP contribution is 1.91. The van der Waals surface area contributed by atoms with E-state index < -0.39 is 0 Å². The largest absolute Gasteiger partial charge is 0.382 e. The van der Waals surface area contributed by atoms with E-state index >= 15 is 0 Å². The molecule has 0 amide bonds. The molecular weight excluding hydrogens is 196 g/mol. The van der Waals surface area contributed by atoms with Crippen LogP contribution in [0.4, 0.5) is 0 Å². The minimum Gasteiger partial charge on any atom is -0.382 e. The third-order valence-corrected chi connectivity index (χ3v) is 1.84. The van der Waals surface area contributed by atoms with Gasteiger partial charge in [-0.15, -0.1) is 0 Å². The SMILES string of the molecule is CCOCCOCCCCOCCOC. The average molecular weight is 220 g/mol. The minimum atomic E-state index is 0.671. The summed E-state index contributed by atoms with van der Waals surface area (Å²) in [5.41, 5.74) is 0. The van der Waals surface area contributed by atoms with Crippen molar-refractivity contribution < 1.29 is 18.9 Å². The van der Waals surface area contributed by atoms with Crippen LogP contribution in [0.3, 0.4) is 0 Å². The van der Waals surface area contributed by atoms with Crippen molar-refractivity contribution in [3.05, 3.63) is 0 Å². The second-order valence-electron chi connectivity index (χ2n) is 3.12. The van der Waals surface area contributed by atoms with Crippen molar-refractivity contribution in [2.24, 2.45) is 0 Å². The number of rotatable bonds is 12. The van der Waals surface area contributed by atoms with Gasteiger partial charge in [-0.3, -0.25) is 0 Å². The molecular formula is C11H24O4. The van der Waals surface area contributed by atoms with E-state index in [2.05, 4.69) is 0 Å². The molecule has 0 spiro atoms. The Kier molecular flexibility index (Phi) is 13.7. The lowest BCUT2D eigenvalue weighted by molar-refractivity contribution is 0.0429. The van der Waals surface area contributed by atoms with E-state index in [1.165, 1.54) is 0 Å². The van der Waals surface area contributed by atoms with E-state index in [9.17, 15) is 0 Å². The molecule has 0 aromatic rings. The van der Waals surface area contributed by atoms with Gasteiger partial charge in [0.1, 0.15) is 0 Å². The van der Waals surface area contributed by atoms with Crippen molar-refractivity contribution >= 4 is 0 Å². The van der Waals surface area contributed by atoms with Crippen LogP contribution in [0.1, 0.15) is 19.8 Å². The number of unbranched alkanes of at least 4 members (excludes halogenated alkanes) is 1. The van der Waals surface area contributed by atoms with Crippen LogP contribution in [0.25, 0.3) is 0 Å². The topological polar surface area (TPSA) is 36.9 Å². The predicted molar refractivity (Wildman–Crippen MR) is 59.2 cm³/mol. The fourth-order valence-corrected chi connectivity index (χ4v) is 1.02. The van der Waals surface area contributed by atoms with Gasteiger partial charge >= 0.3 is 0 Å². The van der Waals surface area contributed by atoms with E-state index in [0.717, 1.165) is 32.7 Å². The lowest BCUT2D eigenvalue weighted by Gasteiger charge is -2.05. The number of ether oxygens (including phenoxy) is 4. The molecule has 0 rings (SSSR count). The molecule has 0 aromatic heterocycles. The second-order valence-corrected chi connectivity index (χ2v) is 3.12. The van der Waals surface area contributed by atoms with Gasteiger partial charge in [-0.05, 0) is 19.8 Å². The molecule has 0 aliphatic rings. The molecule has 0 aromatic carbocycles. The van der Waals surface area contributed by atoms with E-state index in [1.54, 1.807) is 7.11 Å². The smallest absolute Gasteiger partial charge is 0.0700 e. The molecule has 0 aliphatic carbocycles. The third kappa shape index (κ3) is 13.8. The minimum absolute atomic E-state index is 0.671. The van der Waals surface area contributed by atoms with Gasteiger partial charge in [0.05, 0.1) is 26.4 Å². The van der Waals surface area contributed by atoms with Crippen molar-refractivity contribution in [2.45, 2.75) is 19.8 Å². The van der Waals surface area contributed by atoms with Crippen LogP contribution >= 0.6 is 0 Å². The highest BCUT2D eigenvalue weighted by atomic mass is 16.5. The predicted octanol–water partition coefficient (Wildman–Crippen LogP) is 1.48. The summed E-state index contributed by atoms with van der Waals surface area (Å²) in [6.45, 7) is 7.07. The summed E-state index contributed by atoms with van der Waals surface area (Å²) < 4.78 is 20.7. The Morgan fingerprint density at radius 2 is 1.20 bits per heavy atom. The van der Waals surface area contributed by atoms with Gasteiger partial charge in [0.2, 0.25) is 0 Å². The summed E-state index contributed by atoms with van der Waals surface area (Å²) in [6.07, 6.45) is 2.08. The second kappa shape index (κ2) is 13.8. The third-order valence-electron chi connectivity index (χ3n) is 1.84. The van der Waals surface area contributed by atoms with Crippen LogP contribution < -0.4 is 0 Å². The average Bonchev–Trinajstić information content (AvgIpc) is 2.26. The fourth-order valence-electron chi connectivity index (χ4n) is 1.02. The Bertz CT molecular complexity index is 96.8. The molecule has 0 atom stereocenters. The Balaban J connectivity index is 2.81. The van der Waals surface area contributed by atoms with Crippen molar-refractivity contribution in [3.8, 4) is 0 Å². The molecule has 0 unspecified atom stereocenters. The van der Waals surface area contributed by atoms with Crippen molar-refractivity contribution in [2.75, 3.05) is 53.4 Å². The lowest BCUT2D eigenvalue weighted by atomic mass is 10.3. The molecule has 0 saturated carbocycles. The Morgan fingerprint density at radius 3 is 1.73 bits per heavy atom. The molecule has 0 heterocycles. The number of hydrogen-bond acceptors (Lipinski definition) is 4. The lowest BCUT2D eigenvalue weighted by Crippen LogP contribution is -2.06. The molecule has 0 bridgehead atoms. The van der Waals surface area contributed by atoms with E-state index in [-0.39, 0.29) is 0 Å². The highest BCUT2D eigenvalue weighted by molar-refractivity contribution is 4.39. The van der Waals surface area contributed by atoms with Crippen LogP contribution in [0.2, 0.25) is 0 Å². The molecule has 0 fully saturated rings. The normalized spacial score (nSPS) is 10.8.